The van der Waals surface area contributed by atoms with Crippen LogP contribution in [-0.2, 0) is 19.6 Å². The lowest BCUT2D eigenvalue weighted by Gasteiger charge is -2.18. The first-order valence-corrected chi connectivity index (χ1v) is 7.52. The van der Waals surface area contributed by atoms with Gasteiger partial charge in [-0.2, -0.15) is 0 Å². The molecule has 1 saturated carbocycles. The molecule has 0 unspecified atom stereocenters. The average Bonchev–Trinajstić information content (AvgIpc) is 3.22. The largest absolute Gasteiger partial charge is 0.363 e. The molecule has 2 aliphatic rings. The summed E-state index contributed by atoms with van der Waals surface area (Å²) in [4.78, 5) is 2.45. The van der Waals surface area contributed by atoms with Crippen molar-refractivity contribution in [2.75, 3.05) is 4.90 Å². The molecule has 4 rings (SSSR count). The lowest BCUT2D eigenvalue weighted by molar-refractivity contribution is 0.687. The molecule has 1 heterocycles. The number of fused-ring (bicyclic) bond motifs is 1. The Labute approximate surface area is 120 Å². The first-order valence-electron chi connectivity index (χ1n) is 7.52. The summed E-state index contributed by atoms with van der Waals surface area (Å²) in [6.45, 7) is 3.08. The van der Waals surface area contributed by atoms with Crippen LogP contribution in [0.2, 0.25) is 0 Å². The Hall–Kier alpha value is -1.80. The van der Waals surface area contributed by atoms with Gasteiger partial charge in [-0.15, -0.1) is 0 Å². The van der Waals surface area contributed by atoms with E-state index in [0.717, 1.165) is 25.7 Å². The third-order valence-electron chi connectivity index (χ3n) is 4.31. The molecule has 0 aromatic heterocycles. The molecule has 1 fully saturated rings. The maximum absolute atomic E-state index is 3.56. The van der Waals surface area contributed by atoms with Gasteiger partial charge in [-0.3, -0.25) is 0 Å². The zero-order valence-electron chi connectivity index (χ0n) is 11.7. The van der Waals surface area contributed by atoms with E-state index in [1.54, 1.807) is 0 Å². The molecule has 0 amide bonds. The normalized spacial score (nSPS) is 17.3. The van der Waals surface area contributed by atoms with Crippen LogP contribution in [0.15, 0.2) is 48.5 Å². The van der Waals surface area contributed by atoms with Crippen molar-refractivity contribution in [3.8, 4) is 0 Å². The van der Waals surface area contributed by atoms with Gasteiger partial charge in [0.15, 0.2) is 0 Å². The van der Waals surface area contributed by atoms with E-state index in [-0.39, 0.29) is 0 Å². The summed E-state index contributed by atoms with van der Waals surface area (Å²) in [6.07, 6.45) is 2.70. The van der Waals surface area contributed by atoms with Gasteiger partial charge in [0.2, 0.25) is 0 Å². The summed E-state index contributed by atoms with van der Waals surface area (Å²) in [5.41, 5.74) is 5.65. The van der Waals surface area contributed by atoms with E-state index in [4.69, 9.17) is 0 Å². The van der Waals surface area contributed by atoms with Gasteiger partial charge in [0, 0.05) is 31.4 Å². The predicted octanol–water partition coefficient (Wildman–Crippen LogP) is 3.46. The van der Waals surface area contributed by atoms with Crippen LogP contribution in [0.3, 0.4) is 0 Å². The minimum Gasteiger partial charge on any atom is -0.363 e. The van der Waals surface area contributed by atoms with Crippen molar-refractivity contribution in [3.63, 3.8) is 0 Å². The van der Waals surface area contributed by atoms with Crippen molar-refractivity contribution >= 4 is 5.69 Å². The molecule has 0 spiro atoms. The summed E-state index contributed by atoms with van der Waals surface area (Å²) in [6, 6.07) is 18.6. The Bertz CT molecular complexity index is 574. The highest BCUT2D eigenvalue weighted by atomic mass is 15.1. The lowest BCUT2D eigenvalue weighted by atomic mass is 10.1. The molecule has 0 bridgehead atoms. The number of rotatable bonds is 4. The van der Waals surface area contributed by atoms with Crippen LogP contribution in [0.1, 0.15) is 29.5 Å². The second-order valence-electron chi connectivity index (χ2n) is 5.95. The maximum atomic E-state index is 3.56. The van der Waals surface area contributed by atoms with E-state index in [0.29, 0.717) is 0 Å². The highest BCUT2D eigenvalue weighted by Crippen LogP contribution is 2.28. The van der Waals surface area contributed by atoms with Gasteiger partial charge in [0.05, 0.1) is 0 Å². The zero-order valence-corrected chi connectivity index (χ0v) is 11.7. The van der Waals surface area contributed by atoms with Crippen LogP contribution in [-0.4, -0.2) is 6.04 Å². The standard InChI is InChI=1S/C18H20N2/c1-2-4-16-13-20(12-15(16)3-1)18-9-5-14(6-10-18)11-19-17-7-8-17/h1-6,9-10,17,19H,7-8,11-13H2. The van der Waals surface area contributed by atoms with E-state index in [9.17, 15) is 0 Å². The van der Waals surface area contributed by atoms with Gasteiger partial charge < -0.3 is 10.2 Å². The summed E-state index contributed by atoms with van der Waals surface area (Å²) < 4.78 is 0. The highest BCUT2D eigenvalue weighted by molar-refractivity contribution is 5.52. The molecular formula is C18H20N2. The highest BCUT2D eigenvalue weighted by Gasteiger charge is 2.20. The average molecular weight is 264 g/mol. The fourth-order valence-electron chi connectivity index (χ4n) is 2.89. The van der Waals surface area contributed by atoms with E-state index in [1.807, 2.05) is 0 Å². The van der Waals surface area contributed by atoms with Gasteiger partial charge in [-0.25, -0.2) is 0 Å². The van der Waals surface area contributed by atoms with Gasteiger partial charge in [-0.1, -0.05) is 36.4 Å². The molecular weight excluding hydrogens is 244 g/mol. The number of benzene rings is 2. The molecule has 102 valence electrons. The van der Waals surface area contributed by atoms with Crippen LogP contribution >= 0.6 is 0 Å². The van der Waals surface area contributed by atoms with Crippen LogP contribution in [0, 0.1) is 0 Å². The van der Waals surface area contributed by atoms with Crippen LogP contribution in [0.4, 0.5) is 5.69 Å². The number of anilines is 1. The number of nitrogens with one attached hydrogen (secondary N) is 1. The summed E-state index contributed by atoms with van der Waals surface area (Å²) in [5.74, 6) is 0. The van der Waals surface area contributed by atoms with Crippen molar-refractivity contribution < 1.29 is 0 Å². The molecule has 1 aliphatic heterocycles. The number of hydrogen-bond acceptors (Lipinski definition) is 2. The zero-order chi connectivity index (χ0) is 13.4. The molecule has 2 heteroatoms. The molecule has 2 aromatic rings. The first kappa shape index (κ1) is 12.0. The summed E-state index contributed by atoms with van der Waals surface area (Å²) in [5, 5.41) is 3.56. The van der Waals surface area contributed by atoms with Crippen molar-refractivity contribution in [2.45, 2.75) is 38.5 Å². The monoisotopic (exact) mass is 264 g/mol. The molecule has 1 N–H and O–H groups in total. The van der Waals surface area contributed by atoms with E-state index in [2.05, 4.69) is 58.7 Å². The Balaban J connectivity index is 1.44. The topological polar surface area (TPSA) is 15.3 Å². The van der Waals surface area contributed by atoms with Gasteiger partial charge in [-0.05, 0) is 41.7 Å². The molecule has 0 saturated heterocycles. The van der Waals surface area contributed by atoms with Gasteiger partial charge in [0.25, 0.3) is 0 Å². The fraction of sp³-hybridized carbons (Fsp3) is 0.333. The molecule has 2 aromatic carbocycles. The van der Waals surface area contributed by atoms with Crippen molar-refractivity contribution in [1.29, 1.82) is 0 Å². The lowest BCUT2D eigenvalue weighted by Crippen LogP contribution is -2.16. The second-order valence-corrected chi connectivity index (χ2v) is 5.95. The van der Waals surface area contributed by atoms with Crippen LogP contribution in [0.25, 0.3) is 0 Å². The van der Waals surface area contributed by atoms with Crippen LogP contribution < -0.4 is 10.2 Å². The van der Waals surface area contributed by atoms with Crippen molar-refractivity contribution in [1.82, 2.24) is 5.32 Å². The third-order valence-corrected chi connectivity index (χ3v) is 4.31. The van der Waals surface area contributed by atoms with Crippen molar-refractivity contribution in [3.05, 3.63) is 65.2 Å². The Morgan fingerprint density at radius 1 is 0.900 bits per heavy atom. The maximum Gasteiger partial charge on any atom is 0.0436 e. The Morgan fingerprint density at radius 2 is 1.55 bits per heavy atom. The van der Waals surface area contributed by atoms with E-state index >= 15 is 0 Å². The van der Waals surface area contributed by atoms with Crippen molar-refractivity contribution in [2.24, 2.45) is 0 Å². The van der Waals surface area contributed by atoms with E-state index < -0.39 is 0 Å². The molecule has 20 heavy (non-hydrogen) atoms. The molecule has 0 radical (unpaired) electrons. The smallest absolute Gasteiger partial charge is 0.0436 e. The quantitative estimate of drug-likeness (QED) is 0.909. The SMILES string of the molecule is c1ccc2c(c1)CN(c1ccc(CNC3CC3)cc1)C2. The fourth-order valence-corrected chi connectivity index (χ4v) is 2.89. The van der Waals surface area contributed by atoms with Gasteiger partial charge in [0.1, 0.15) is 0 Å². The first-order chi connectivity index (χ1) is 9.88. The third kappa shape index (κ3) is 2.44. The predicted molar refractivity (Wildman–Crippen MR) is 82.6 cm³/mol. The number of nitrogens with zero attached hydrogens (tertiary/aromatic N) is 1. The number of hydrogen-bond donors (Lipinski definition) is 1. The summed E-state index contributed by atoms with van der Waals surface area (Å²) >= 11 is 0. The van der Waals surface area contributed by atoms with Gasteiger partial charge >= 0.3 is 0 Å². The second kappa shape index (κ2) is 4.95. The Morgan fingerprint density at radius 3 is 2.15 bits per heavy atom. The minimum atomic E-state index is 0.780. The van der Waals surface area contributed by atoms with Crippen LogP contribution in [0.5, 0.6) is 0 Å². The molecule has 0 atom stereocenters. The molecule has 1 aliphatic carbocycles. The summed E-state index contributed by atoms with van der Waals surface area (Å²) in [7, 11) is 0. The van der Waals surface area contributed by atoms with E-state index in [1.165, 1.54) is 35.2 Å². The minimum absolute atomic E-state index is 0.780. The molecule has 2 nitrogen and oxygen atoms in total. The Kier molecular flexibility index (Phi) is 2.96.